The lowest BCUT2D eigenvalue weighted by Crippen LogP contribution is -2.10. The number of phenolic OH excluding ortho intramolecular Hbond substituents is 1. The van der Waals surface area contributed by atoms with Crippen LogP contribution in [-0.2, 0) is 4.79 Å². The van der Waals surface area contributed by atoms with E-state index in [0.717, 1.165) is 0 Å². The van der Waals surface area contributed by atoms with Crippen LogP contribution in [0.15, 0.2) is 54.7 Å². The Morgan fingerprint density at radius 1 is 1.04 bits per heavy atom. The van der Waals surface area contributed by atoms with Crippen molar-refractivity contribution in [3.8, 4) is 28.3 Å². The summed E-state index contributed by atoms with van der Waals surface area (Å²) in [6.45, 7) is 1.39. The second-order valence-corrected chi connectivity index (χ2v) is 5.19. The highest BCUT2D eigenvalue weighted by molar-refractivity contribution is 5.92. The van der Waals surface area contributed by atoms with Gasteiger partial charge in [0.15, 0.2) is 5.82 Å². The Hall–Kier alpha value is -3.28. The van der Waals surface area contributed by atoms with E-state index in [0.29, 0.717) is 28.3 Å². The Bertz CT molecular complexity index is 878. The van der Waals surface area contributed by atoms with Gasteiger partial charge in [-0.25, -0.2) is 14.4 Å². The van der Waals surface area contributed by atoms with E-state index >= 15 is 0 Å². The molecule has 0 bridgehead atoms. The van der Waals surface area contributed by atoms with Crippen molar-refractivity contribution in [3.63, 3.8) is 0 Å². The molecule has 0 aliphatic heterocycles. The summed E-state index contributed by atoms with van der Waals surface area (Å²) in [6, 6.07) is 12.3. The normalized spacial score (nSPS) is 10.4. The largest absolute Gasteiger partial charge is 0.508 e. The van der Waals surface area contributed by atoms with Gasteiger partial charge in [0.25, 0.3) is 0 Å². The highest BCUT2D eigenvalue weighted by Gasteiger charge is 2.12. The Labute approximate surface area is 137 Å². The van der Waals surface area contributed by atoms with E-state index in [1.165, 1.54) is 37.4 Å². The molecule has 2 N–H and O–H groups in total. The van der Waals surface area contributed by atoms with E-state index in [1.54, 1.807) is 24.3 Å². The Kier molecular flexibility index (Phi) is 4.20. The summed E-state index contributed by atoms with van der Waals surface area (Å²) in [4.78, 5) is 20.2. The van der Waals surface area contributed by atoms with Crippen molar-refractivity contribution in [3.05, 3.63) is 60.5 Å². The molecule has 0 aliphatic rings. The number of nitrogens with one attached hydrogen (secondary N) is 1. The fourth-order valence-electron chi connectivity index (χ4n) is 2.23. The molecule has 3 aromatic rings. The number of aromatic hydroxyl groups is 1. The highest BCUT2D eigenvalue weighted by Crippen LogP contribution is 2.28. The molecular formula is C18H14FN3O2. The zero-order valence-corrected chi connectivity index (χ0v) is 12.8. The smallest absolute Gasteiger partial charge is 0.222 e. The number of hydrogen-bond acceptors (Lipinski definition) is 4. The van der Waals surface area contributed by atoms with Gasteiger partial charge in [-0.05, 0) is 48.5 Å². The van der Waals surface area contributed by atoms with Crippen molar-refractivity contribution in [2.75, 3.05) is 5.32 Å². The van der Waals surface area contributed by atoms with Crippen LogP contribution in [0.4, 0.5) is 10.2 Å². The molecule has 24 heavy (non-hydrogen) atoms. The predicted octanol–water partition coefficient (Wildman–Crippen LogP) is 3.61. The monoisotopic (exact) mass is 323 g/mol. The number of halogens is 1. The lowest BCUT2D eigenvalue weighted by atomic mass is 10.1. The van der Waals surface area contributed by atoms with Gasteiger partial charge in [-0.3, -0.25) is 4.79 Å². The van der Waals surface area contributed by atoms with Crippen LogP contribution in [0.2, 0.25) is 0 Å². The molecule has 0 saturated heterocycles. The first kappa shape index (κ1) is 15.6. The molecule has 0 saturated carbocycles. The van der Waals surface area contributed by atoms with Crippen molar-refractivity contribution < 1.29 is 14.3 Å². The minimum absolute atomic E-state index is 0.127. The molecule has 120 valence electrons. The van der Waals surface area contributed by atoms with Gasteiger partial charge in [0.05, 0.1) is 11.9 Å². The van der Waals surface area contributed by atoms with Crippen LogP contribution in [0.1, 0.15) is 6.92 Å². The number of aromatic nitrogens is 2. The second-order valence-electron chi connectivity index (χ2n) is 5.19. The molecular weight excluding hydrogens is 309 g/mol. The first-order valence-corrected chi connectivity index (χ1v) is 7.23. The van der Waals surface area contributed by atoms with Crippen molar-refractivity contribution in [2.24, 2.45) is 0 Å². The summed E-state index contributed by atoms with van der Waals surface area (Å²) in [6.07, 6.45) is 1.52. The molecule has 0 atom stereocenters. The molecule has 2 aromatic carbocycles. The van der Waals surface area contributed by atoms with Gasteiger partial charge >= 0.3 is 0 Å². The van der Waals surface area contributed by atoms with Gasteiger partial charge in [-0.2, -0.15) is 0 Å². The minimum atomic E-state index is -0.333. The number of benzene rings is 2. The average Bonchev–Trinajstić information content (AvgIpc) is 2.56. The topological polar surface area (TPSA) is 75.1 Å². The van der Waals surface area contributed by atoms with Crippen LogP contribution in [-0.4, -0.2) is 21.0 Å². The second kappa shape index (κ2) is 6.45. The Morgan fingerprint density at radius 3 is 2.29 bits per heavy atom. The number of amides is 1. The van der Waals surface area contributed by atoms with Gasteiger partial charge in [0.1, 0.15) is 17.3 Å². The molecule has 5 nitrogen and oxygen atoms in total. The van der Waals surface area contributed by atoms with Crippen LogP contribution in [0.25, 0.3) is 22.5 Å². The maximum Gasteiger partial charge on any atom is 0.222 e. The maximum atomic E-state index is 13.1. The van der Waals surface area contributed by atoms with Crippen LogP contribution >= 0.6 is 0 Å². The molecule has 3 rings (SSSR count). The Balaban J connectivity index is 2.11. The lowest BCUT2D eigenvalue weighted by Gasteiger charge is -2.11. The van der Waals surface area contributed by atoms with Gasteiger partial charge in [-0.15, -0.1) is 0 Å². The molecule has 1 heterocycles. The van der Waals surface area contributed by atoms with Gasteiger partial charge in [0, 0.05) is 18.1 Å². The summed E-state index contributed by atoms with van der Waals surface area (Å²) in [5, 5.41) is 12.1. The third-order valence-corrected chi connectivity index (χ3v) is 3.35. The highest BCUT2D eigenvalue weighted by atomic mass is 19.1. The van der Waals surface area contributed by atoms with Crippen LogP contribution in [0, 0.1) is 5.82 Å². The zero-order chi connectivity index (χ0) is 17.1. The third kappa shape index (κ3) is 3.38. The van der Waals surface area contributed by atoms with Crippen molar-refractivity contribution >= 4 is 11.7 Å². The molecule has 0 radical (unpaired) electrons. The summed E-state index contributed by atoms with van der Waals surface area (Å²) in [5.74, 6) is -0.152. The van der Waals surface area contributed by atoms with Gasteiger partial charge in [0.2, 0.25) is 5.91 Å². The molecule has 1 aromatic heterocycles. The van der Waals surface area contributed by atoms with E-state index in [1.807, 2.05) is 0 Å². The fourth-order valence-corrected chi connectivity index (χ4v) is 2.23. The van der Waals surface area contributed by atoms with E-state index in [4.69, 9.17) is 0 Å². The summed E-state index contributed by atoms with van der Waals surface area (Å²) in [7, 11) is 0. The molecule has 0 aliphatic carbocycles. The number of nitrogens with zero attached hydrogens (tertiary/aromatic N) is 2. The molecule has 0 fully saturated rings. The fraction of sp³-hybridized carbons (Fsp3) is 0.0556. The van der Waals surface area contributed by atoms with Crippen molar-refractivity contribution in [2.45, 2.75) is 6.92 Å². The zero-order valence-electron chi connectivity index (χ0n) is 12.8. The SMILES string of the molecule is CC(=O)Nc1ncc(-c2ccc(F)cc2)nc1-c1ccc(O)cc1. The molecule has 0 unspecified atom stereocenters. The van der Waals surface area contributed by atoms with Gasteiger partial charge < -0.3 is 10.4 Å². The summed E-state index contributed by atoms with van der Waals surface area (Å²) in [5.41, 5.74) is 2.41. The summed E-state index contributed by atoms with van der Waals surface area (Å²) >= 11 is 0. The average molecular weight is 323 g/mol. The van der Waals surface area contributed by atoms with E-state index in [2.05, 4.69) is 15.3 Å². The van der Waals surface area contributed by atoms with Crippen LogP contribution in [0.5, 0.6) is 5.75 Å². The molecule has 1 amide bonds. The number of phenols is 1. The van der Waals surface area contributed by atoms with E-state index < -0.39 is 0 Å². The van der Waals surface area contributed by atoms with Crippen LogP contribution in [0.3, 0.4) is 0 Å². The maximum absolute atomic E-state index is 13.1. The van der Waals surface area contributed by atoms with Gasteiger partial charge in [-0.1, -0.05) is 0 Å². The minimum Gasteiger partial charge on any atom is -0.508 e. The van der Waals surface area contributed by atoms with E-state index in [9.17, 15) is 14.3 Å². The molecule has 6 heteroatoms. The third-order valence-electron chi connectivity index (χ3n) is 3.35. The summed E-state index contributed by atoms with van der Waals surface area (Å²) < 4.78 is 13.1. The molecule has 0 spiro atoms. The Morgan fingerprint density at radius 2 is 1.67 bits per heavy atom. The van der Waals surface area contributed by atoms with Crippen molar-refractivity contribution in [1.29, 1.82) is 0 Å². The first-order valence-electron chi connectivity index (χ1n) is 7.23. The van der Waals surface area contributed by atoms with Crippen molar-refractivity contribution in [1.82, 2.24) is 9.97 Å². The number of hydrogen-bond donors (Lipinski definition) is 2. The first-order chi connectivity index (χ1) is 11.5. The predicted molar refractivity (Wildman–Crippen MR) is 88.8 cm³/mol. The number of anilines is 1. The quantitative estimate of drug-likeness (QED) is 0.772. The lowest BCUT2D eigenvalue weighted by molar-refractivity contribution is -0.114. The van der Waals surface area contributed by atoms with Crippen LogP contribution < -0.4 is 5.32 Å². The number of rotatable bonds is 3. The number of carbonyl (C=O) groups is 1. The number of carbonyl (C=O) groups excluding carboxylic acids is 1. The standard InChI is InChI=1S/C18H14FN3O2/c1-11(23)21-18-17(13-4-8-15(24)9-5-13)22-16(10-20-18)12-2-6-14(19)7-3-12/h2-10,24H,1H3,(H,20,21,23). The van der Waals surface area contributed by atoms with E-state index in [-0.39, 0.29) is 17.5 Å².